The Morgan fingerprint density at radius 1 is 0.354 bits per heavy atom. The van der Waals surface area contributed by atoms with Gasteiger partial charge in [-0.05, 0) is 62.8 Å². The Hall–Kier alpha value is -3.49. The SMILES string of the molecule is CC(=O)C=C([O-])c1ccccc1.CC(=O)C=C([O-])c1ccccc1.CCCCCCCCCCCCCCCCCC(=O)[O-].CCCCCCCCCCCCCCCCCC(=O)[O-].[Ti+4]. The number of carboxylic acids is 2. The van der Waals surface area contributed by atoms with Gasteiger partial charge in [-0.15, -0.1) is 0 Å². The summed E-state index contributed by atoms with van der Waals surface area (Å²) in [5.74, 6) is -2.71. The summed E-state index contributed by atoms with van der Waals surface area (Å²) in [6, 6.07) is 17.4. The Kier molecular flexibility index (Phi) is 52.1. The molecule has 0 unspecified atom stereocenters. The van der Waals surface area contributed by atoms with Crippen LogP contribution in [0.25, 0.3) is 11.5 Å². The number of carboxylic acid groups (broad SMARTS) is 2. The summed E-state index contributed by atoms with van der Waals surface area (Å²) in [6.07, 6.45) is 41.9. The molecule has 0 N–H and O–H groups in total. The summed E-state index contributed by atoms with van der Waals surface area (Å²) in [5, 5.41) is 42.8. The molecule has 0 aromatic heterocycles. The second-order valence-electron chi connectivity index (χ2n) is 17.1. The number of hydrogen-bond acceptors (Lipinski definition) is 8. The van der Waals surface area contributed by atoms with Crippen molar-refractivity contribution in [3.05, 3.63) is 83.9 Å². The third-order valence-corrected chi connectivity index (χ3v) is 10.8. The minimum atomic E-state index is -0.903. The van der Waals surface area contributed by atoms with Gasteiger partial charge in [0.1, 0.15) is 0 Å². The summed E-state index contributed by atoms with van der Waals surface area (Å²) >= 11 is 0. The molecule has 2 rings (SSSR count). The maximum absolute atomic E-state index is 11.2. The van der Waals surface area contributed by atoms with Crippen LogP contribution < -0.4 is 20.4 Å². The molecule has 0 aliphatic heterocycles. The van der Waals surface area contributed by atoms with Gasteiger partial charge in [0, 0.05) is 11.9 Å². The van der Waals surface area contributed by atoms with E-state index in [-0.39, 0.29) is 57.6 Å². The van der Waals surface area contributed by atoms with Gasteiger partial charge < -0.3 is 30.0 Å². The van der Waals surface area contributed by atoms with Crippen molar-refractivity contribution in [1.82, 2.24) is 0 Å². The zero-order valence-electron chi connectivity index (χ0n) is 41.3. The standard InChI is InChI=1S/2C18H36O2.2C10H10O2.Ti/c2*1-2-3-4-5-6-7-8-9-10-11-12-13-14-15-16-17-18(19)20;2*1-8(11)7-10(12)9-5-3-2-4-6-9;/h2*2-17H2,1H3,(H,19,20);2*2-7,12H,1H3;/q;;;;+4/p-4. The first-order valence-corrected chi connectivity index (χ1v) is 25.2. The maximum atomic E-state index is 11.2. The molecule has 0 atom stereocenters. The minimum absolute atomic E-state index is 0. The molecule has 0 fully saturated rings. The topological polar surface area (TPSA) is 161 Å². The van der Waals surface area contributed by atoms with Crippen molar-refractivity contribution in [1.29, 1.82) is 0 Å². The molecule has 0 saturated heterocycles. The molecule has 0 spiro atoms. The van der Waals surface area contributed by atoms with Gasteiger partial charge in [0.05, 0.1) is 0 Å². The summed E-state index contributed by atoms with van der Waals surface area (Å²) in [6.45, 7) is 7.26. The first-order valence-electron chi connectivity index (χ1n) is 25.2. The quantitative estimate of drug-likeness (QED) is 0.0282. The van der Waals surface area contributed by atoms with E-state index in [1.54, 1.807) is 48.5 Å². The molecule has 0 aliphatic carbocycles. The van der Waals surface area contributed by atoms with Gasteiger partial charge in [0.15, 0.2) is 11.6 Å². The molecule has 65 heavy (non-hydrogen) atoms. The van der Waals surface area contributed by atoms with Gasteiger partial charge >= 0.3 is 21.7 Å². The fourth-order valence-electron chi connectivity index (χ4n) is 7.02. The number of hydrogen-bond donors (Lipinski definition) is 0. The molecule has 2 aromatic rings. The Balaban J connectivity index is -0.000000804. The normalized spacial score (nSPS) is 10.8. The van der Waals surface area contributed by atoms with E-state index in [2.05, 4.69) is 13.8 Å². The van der Waals surface area contributed by atoms with Crippen LogP contribution in [0.3, 0.4) is 0 Å². The second kappa shape index (κ2) is 51.5. The summed E-state index contributed by atoms with van der Waals surface area (Å²) in [7, 11) is 0. The van der Waals surface area contributed by atoms with Gasteiger partial charge in [-0.3, -0.25) is 9.59 Å². The molecular formula is C56H88O8Ti. The second-order valence-corrected chi connectivity index (χ2v) is 17.1. The number of ketones is 2. The van der Waals surface area contributed by atoms with E-state index in [9.17, 15) is 39.6 Å². The van der Waals surface area contributed by atoms with Crippen molar-refractivity contribution in [2.24, 2.45) is 0 Å². The Labute approximate surface area is 411 Å². The number of unbranched alkanes of at least 4 members (excludes halogenated alkanes) is 28. The van der Waals surface area contributed by atoms with E-state index in [1.165, 1.54) is 181 Å². The van der Waals surface area contributed by atoms with E-state index >= 15 is 0 Å². The number of carbonyl (C=O) groups is 4. The fourth-order valence-corrected chi connectivity index (χ4v) is 7.02. The molecule has 364 valence electrons. The van der Waals surface area contributed by atoms with Crippen molar-refractivity contribution < 1.29 is 61.3 Å². The van der Waals surface area contributed by atoms with E-state index in [4.69, 9.17) is 0 Å². The average molecular weight is 937 g/mol. The van der Waals surface area contributed by atoms with Crippen LogP contribution in [0.4, 0.5) is 0 Å². The van der Waals surface area contributed by atoms with Gasteiger partial charge in [-0.25, -0.2) is 0 Å². The maximum Gasteiger partial charge on any atom is 4.00 e. The van der Waals surface area contributed by atoms with E-state index in [0.717, 1.165) is 37.8 Å². The van der Waals surface area contributed by atoms with Crippen LogP contribution in [0.15, 0.2) is 72.8 Å². The van der Waals surface area contributed by atoms with Gasteiger partial charge in [-0.2, -0.15) is 0 Å². The predicted octanol–water partition coefficient (Wildman–Crippen LogP) is 11.9. The van der Waals surface area contributed by atoms with Crippen LogP contribution in [0, 0.1) is 0 Å². The summed E-state index contributed by atoms with van der Waals surface area (Å²) in [4.78, 5) is 41.5. The molecule has 0 bridgehead atoms. The molecule has 2 aromatic carbocycles. The Bertz CT molecular complexity index is 1330. The van der Waals surface area contributed by atoms with Crippen LogP contribution >= 0.6 is 0 Å². The Morgan fingerprint density at radius 2 is 0.554 bits per heavy atom. The summed E-state index contributed by atoms with van der Waals surface area (Å²) < 4.78 is 0. The van der Waals surface area contributed by atoms with E-state index < -0.39 is 11.9 Å². The van der Waals surface area contributed by atoms with E-state index in [0.29, 0.717) is 11.1 Å². The predicted molar refractivity (Wildman–Crippen MR) is 259 cm³/mol. The summed E-state index contributed by atoms with van der Waals surface area (Å²) in [5.41, 5.74) is 1.10. The molecular weight excluding hydrogens is 848 g/mol. The monoisotopic (exact) mass is 937 g/mol. The minimum Gasteiger partial charge on any atom is -0.872 e. The number of aliphatic carboxylic acids is 2. The number of carbonyl (C=O) groups excluding carboxylic acids is 4. The third kappa shape index (κ3) is 53.0. The first-order chi connectivity index (χ1) is 30.9. The first kappa shape index (κ1) is 65.8. The van der Waals surface area contributed by atoms with Crippen molar-refractivity contribution in [2.45, 2.75) is 233 Å². The van der Waals surface area contributed by atoms with Crippen molar-refractivity contribution in [2.75, 3.05) is 0 Å². The molecule has 8 nitrogen and oxygen atoms in total. The number of benzene rings is 2. The van der Waals surface area contributed by atoms with Gasteiger partial charge in [0.2, 0.25) is 0 Å². The molecule has 0 saturated carbocycles. The van der Waals surface area contributed by atoms with Crippen LogP contribution in [-0.2, 0) is 40.9 Å². The zero-order valence-corrected chi connectivity index (χ0v) is 42.9. The molecule has 0 heterocycles. The van der Waals surface area contributed by atoms with Crippen molar-refractivity contribution >= 4 is 35.0 Å². The third-order valence-electron chi connectivity index (χ3n) is 10.8. The molecule has 9 heteroatoms. The number of rotatable bonds is 36. The van der Waals surface area contributed by atoms with Crippen LogP contribution in [0.2, 0.25) is 0 Å². The zero-order chi connectivity index (χ0) is 47.7. The smallest absolute Gasteiger partial charge is 0.872 e. The van der Waals surface area contributed by atoms with Crippen molar-refractivity contribution in [3.8, 4) is 0 Å². The molecule has 0 radical (unpaired) electrons. The number of allylic oxidation sites excluding steroid dienone is 2. The van der Waals surface area contributed by atoms with E-state index in [1.807, 2.05) is 12.1 Å². The largest absolute Gasteiger partial charge is 4.00 e. The van der Waals surface area contributed by atoms with Crippen LogP contribution in [-0.4, -0.2) is 23.5 Å². The van der Waals surface area contributed by atoms with Crippen molar-refractivity contribution in [3.63, 3.8) is 0 Å². The van der Waals surface area contributed by atoms with Gasteiger partial charge in [-0.1, -0.05) is 266 Å². The molecule has 0 amide bonds. The van der Waals surface area contributed by atoms with Crippen LogP contribution in [0.5, 0.6) is 0 Å². The Morgan fingerprint density at radius 3 is 0.738 bits per heavy atom. The van der Waals surface area contributed by atoms with Crippen LogP contribution in [0.1, 0.15) is 244 Å². The molecule has 0 aliphatic rings. The fraction of sp³-hybridized carbons (Fsp3) is 0.643. The average Bonchev–Trinajstić information content (AvgIpc) is 3.27. The van der Waals surface area contributed by atoms with Gasteiger partial charge in [0.25, 0.3) is 0 Å².